The molecule has 0 fully saturated rings. The molecule has 1 atom stereocenters. The van der Waals surface area contributed by atoms with Gasteiger partial charge in [0.15, 0.2) is 17.3 Å². The summed E-state index contributed by atoms with van der Waals surface area (Å²) in [6.07, 6.45) is 0.290. The maximum atomic E-state index is 12.9. The minimum Gasteiger partial charge on any atom is -0.489 e. The van der Waals surface area contributed by atoms with Gasteiger partial charge in [0.1, 0.15) is 18.2 Å². The molecule has 0 saturated carbocycles. The monoisotopic (exact) mass is 499 g/mol. The van der Waals surface area contributed by atoms with Gasteiger partial charge in [0.2, 0.25) is 5.91 Å². The van der Waals surface area contributed by atoms with Crippen molar-refractivity contribution in [2.45, 2.75) is 32.8 Å². The summed E-state index contributed by atoms with van der Waals surface area (Å²) in [6.45, 7) is 4.17. The minimum absolute atomic E-state index is 0.0947. The number of para-hydroxylation sites is 1. The van der Waals surface area contributed by atoms with Gasteiger partial charge in [-0.3, -0.25) is 4.79 Å². The molecule has 9 nitrogen and oxygen atoms in total. The van der Waals surface area contributed by atoms with Crippen molar-refractivity contribution in [1.82, 2.24) is 29.6 Å². The molecule has 0 saturated heterocycles. The van der Waals surface area contributed by atoms with Crippen molar-refractivity contribution < 1.29 is 9.53 Å². The van der Waals surface area contributed by atoms with E-state index in [1.807, 2.05) is 74.5 Å². The number of carbonyl (C=O) groups is 1. The molecule has 0 aliphatic carbocycles. The number of rotatable bonds is 5. The van der Waals surface area contributed by atoms with E-state index in [-0.39, 0.29) is 18.2 Å². The third kappa shape index (κ3) is 3.87. The zero-order chi connectivity index (χ0) is 24.8. The number of carbonyl (C=O) groups excluding carboxylic acids is 1. The van der Waals surface area contributed by atoms with Crippen LogP contribution in [0.15, 0.2) is 60.7 Å². The average molecular weight is 500 g/mol. The van der Waals surface area contributed by atoms with Crippen LogP contribution in [-0.2, 0) is 11.4 Å². The first-order chi connectivity index (χ1) is 17.5. The molecule has 36 heavy (non-hydrogen) atoms. The maximum Gasteiger partial charge on any atom is 0.226 e. The molecule has 6 rings (SSSR count). The molecule has 1 N–H and O–H groups in total. The van der Waals surface area contributed by atoms with E-state index >= 15 is 0 Å². The highest BCUT2D eigenvalue weighted by Crippen LogP contribution is 2.43. The van der Waals surface area contributed by atoms with Crippen LogP contribution in [0.25, 0.3) is 11.5 Å². The Morgan fingerprint density at radius 3 is 2.67 bits per heavy atom. The topological polar surface area (TPSA) is 99.2 Å². The zero-order valence-electron chi connectivity index (χ0n) is 19.6. The molecule has 1 amide bonds. The normalized spacial score (nSPS) is 15.1. The van der Waals surface area contributed by atoms with Gasteiger partial charge in [0, 0.05) is 28.5 Å². The van der Waals surface area contributed by atoms with Gasteiger partial charge < -0.3 is 10.1 Å². The number of aryl methyl sites for hydroxylation is 2. The summed E-state index contributed by atoms with van der Waals surface area (Å²) in [5.41, 5.74) is 4.33. The highest BCUT2D eigenvalue weighted by Gasteiger charge is 2.34. The summed E-state index contributed by atoms with van der Waals surface area (Å²) in [5, 5.41) is 21.3. The van der Waals surface area contributed by atoms with E-state index in [1.54, 1.807) is 9.20 Å². The lowest BCUT2D eigenvalue weighted by atomic mass is 9.85. The summed E-state index contributed by atoms with van der Waals surface area (Å²) in [6, 6.07) is 19.0. The number of nitrogens with zero attached hydrogens (tertiary/aromatic N) is 6. The lowest BCUT2D eigenvalue weighted by Crippen LogP contribution is -2.25. The fraction of sp³-hybridized carbons (Fsp3) is 0.192. The van der Waals surface area contributed by atoms with Crippen LogP contribution >= 0.6 is 11.6 Å². The zero-order valence-corrected chi connectivity index (χ0v) is 20.4. The van der Waals surface area contributed by atoms with Crippen molar-refractivity contribution >= 4 is 29.0 Å². The van der Waals surface area contributed by atoms with Crippen LogP contribution in [0.4, 0.5) is 5.82 Å². The van der Waals surface area contributed by atoms with E-state index in [0.717, 1.165) is 28.1 Å². The summed E-state index contributed by atoms with van der Waals surface area (Å²) >= 11 is 6.01. The van der Waals surface area contributed by atoms with E-state index in [0.29, 0.717) is 34.7 Å². The predicted molar refractivity (Wildman–Crippen MR) is 135 cm³/mol. The highest BCUT2D eigenvalue weighted by molar-refractivity contribution is 6.30. The van der Waals surface area contributed by atoms with Crippen molar-refractivity contribution in [3.8, 4) is 11.6 Å². The molecule has 0 bridgehead atoms. The molecule has 1 aliphatic heterocycles. The first-order valence-corrected chi connectivity index (χ1v) is 11.9. The standard InChI is InChI=1S/C26H22ClN7O2/c1-15-25-20(19-5-3-4-6-21(19)36-14-17-7-9-18(27)10-8-17)13-24(35)28-26(25)34(31-15)23-12-11-22-30-29-16(2)33(22)32-23/h3-12,20H,13-14H2,1-2H3,(H,28,35)/t20-/m1/s1. The molecular weight excluding hydrogens is 478 g/mol. The van der Waals surface area contributed by atoms with Crippen LogP contribution in [-0.4, -0.2) is 35.5 Å². The quantitative estimate of drug-likeness (QED) is 0.378. The third-order valence-electron chi connectivity index (χ3n) is 6.33. The molecule has 0 radical (unpaired) electrons. The van der Waals surface area contributed by atoms with Gasteiger partial charge in [-0.25, -0.2) is 0 Å². The second kappa shape index (κ2) is 8.76. The smallest absolute Gasteiger partial charge is 0.226 e. The number of anilines is 1. The molecule has 5 aromatic rings. The Balaban J connectivity index is 1.39. The lowest BCUT2D eigenvalue weighted by molar-refractivity contribution is -0.116. The Labute approximate surface area is 211 Å². The van der Waals surface area contributed by atoms with E-state index in [9.17, 15) is 4.79 Å². The molecule has 0 spiro atoms. The number of aromatic nitrogens is 6. The second-order valence-corrected chi connectivity index (χ2v) is 9.16. The molecule has 4 heterocycles. The summed E-state index contributed by atoms with van der Waals surface area (Å²) in [4.78, 5) is 12.9. The van der Waals surface area contributed by atoms with Gasteiger partial charge in [-0.05, 0) is 49.7 Å². The number of benzene rings is 2. The largest absolute Gasteiger partial charge is 0.489 e. The van der Waals surface area contributed by atoms with Crippen molar-refractivity contribution in [3.63, 3.8) is 0 Å². The minimum atomic E-state index is -0.218. The molecular formula is C26H22ClN7O2. The van der Waals surface area contributed by atoms with Crippen molar-refractivity contribution in [2.75, 3.05) is 5.32 Å². The van der Waals surface area contributed by atoms with Crippen LogP contribution < -0.4 is 10.1 Å². The van der Waals surface area contributed by atoms with Crippen LogP contribution in [0.5, 0.6) is 5.75 Å². The van der Waals surface area contributed by atoms with Crippen LogP contribution in [0.2, 0.25) is 5.02 Å². The number of hydrogen-bond acceptors (Lipinski definition) is 6. The molecule has 1 aliphatic rings. The second-order valence-electron chi connectivity index (χ2n) is 8.73. The van der Waals surface area contributed by atoms with Gasteiger partial charge in [-0.2, -0.15) is 14.3 Å². The van der Waals surface area contributed by atoms with E-state index < -0.39 is 0 Å². The number of nitrogens with one attached hydrogen (secondary N) is 1. The Morgan fingerprint density at radius 2 is 1.83 bits per heavy atom. The molecule has 3 aromatic heterocycles. The first-order valence-electron chi connectivity index (χ1n) is 11.5. The maximum absolute atomic E-state index is 12.9. The Hall–Kier alpha value is -4.24. The number of amides is 1. The molecule has 2 aromatic carbocycles. The van der Waals surface area contributed by atoms with Gasteiger partial charge in [-0.1, -0.05) is 41.9 Å². The van der Waals surface area contributed by atoms with E-state index in [4.69, 9.17) is 21.4 Å². The summed E-state index contributed by atoms with van der Waals surface area (Å²) in [5.74, 6) is 2.25. The van der Waals surface area contributed by atoms with Gasteiger partial charge in [-0.15, -0.1) is 15.3 Å². The third-order valence-corrected chi connectivity index (χ3v) is 6.58. The summed E-state index contributed by atoms with van der Waals surface area (Å²) < 4.78 is 9.54. The van der Waals surface area contributed by atoms with E-state index in [1.165, 1.54) is 0 Å². The van der Waals surface area contributed by atoms with Crippen molar-refractivity contribution in [2.24, 2.45) is 0 Å². The lowest BCUT2D eigenvalue weighted by Gasteiger charge is -2.26. The number of hydrogen-bond donors (Lipinski definition) is 1. The van der Waals surface area contributed by atoms with Crippen LogP contribution in [0.3, 0.4) is 0 Å². The number of fused-ring (bicyclic) bond motifs is 2. The van der Waals surface area contributed by atoms with Crippen LogP contribution in [0.1, 0.15) is 40.5 Å². The molecule has 180 valence electrons. The highest BCUT2D eigenvalue weighted by atomic mass is 35.5. The Bertz CT molecular complexity index is 1610. The first kappa shape index (κ1) is 22.2. The SMILES string of the molecule is Cc1nn(-c2ccc3nnc(C)n3n2)c2c1[C@@H](c1ccccc1OCc1ccc(Cl)cc1)CC(=O)N2. The number of halogens is 1. The summed E-state index contributed by atoms with van der Waals surface area (Å²) in [7, 11) is 0. The Kier molecular flexibility index (Phi) is 5.41. The van der Waals surface area contributed by atoms with Crippen molar-refractivity contribution in [3.05, 3.63) is 93.9 Å². The van der Waals surface area contributed by atoms with Crippen LogP contribution in [0, 0.1) is 13.8 Å². The van der Waals surface area contributed by atoms with E-state index in [2.05, 4.69) is 20.6 Å². The number of ether oxygens (including phenoxy) is 1. The predicted octanol–water partition coefficient (Wildman–Crippen LogP) is 4.63. The van der Waals surface area contributed by atoms with Gasteiger partial charge in [0.05, 0.1) is 5.69 Å². The Morgan fingerprint density at radius 1 is 1.03 bits per heavy atom. The average Bonchev–Trinajstić information content (AvgIpc) is 3.42. The van der Waals surface area contributed by atoms with Gasteiger partial charge >= 0.3 is 0 Å². The molecule has 10 heteroatoms. The molecule has 0 unspecified atom stereocenters. The fourth-order valence-corrected chi connectivity index (χ4v) is 4.75. The van der Waals surface area contributed by atoms with Crippen molar-refractivity contribution in [1.29, 1.82) is 0 Å². The van der Waals surface area contributed by atoms with Gasteiger partial charge in [0.25, 0.3) is 0 Å². The fourth-order valence-electron chi connectivity index (χ4n) is 4.62.